The number of anilines is 1. The number of piperazine rings is 1. The Hall–Kier alpha value is -3.41. The molecule has 2 aliphatic heterocycles. The van der Waals surface area contributed by atoms with Crippen LogP contribution in [-0.2, 0) is 20.8 Å². The summed E-state index contributed by atoms with van der Waals surface area (Å²) in [6, 6.07) is 14.8. The average molecular weight is 580 g/mol. The molecule has 1 atom stereocenters. The van der Waals surface area contributed by atoms with Gasteiger partial charge in [-0.1, -0.05) is 24.3 Å². The molecule has 220 valence electrons. The standard InChI is InChI=1S/C30H41N7O3S/c1-33-27(38)10-3-5-21-11-14-36(15-12-21)30(40)26(18-22-6-2-7-23(17-22)29(31)32)35-41-25-9-4-8-24(19-25)37-16-13-34-20-28(37)39/h2,4,6-9,17,19,21,26,34-35H,3,5,10-16,18,20H2,1H3,(H3,31,32)(H,33,38)/t26-/m0/s1. The summed E-state index contributed by atoms with van der Waals surface area (Å²) < 4.78 is 3.42. The van der Waals surface area contributed by atoms with E-state index in [0.29, 0.717) is 50.5 Å². The monoisotopic (exact) mass is 579 g/mol. The second kappa shape index (κ2) is 15.0. The summed E-state index contributed by atoms with van der Waals surface area (Å²) in [6.45, 7) is 3.09. The molecule has 11 heteroatoms. The van der Waals surface area contributed by atoms with E-state index in [9.17, 15) is 14.4 Å². The maximum Gasteiger partial charge on any atom is 0.240 e. The molecule has 2 aromatic rings. The number of carbonyl (C=O) groups excluding carboxylic acids is 3. The fourth-order valence-corrected chi connectivity index (χ4v) is 6.14. The summed E-state index contributed by atoms with van der Waals surface area (Å²) in [7, 11) is 1.66. The number of amides is 3. The number of benzene rings is 2. The Kier molecular flexibility index (Phi) is 11.2. The van der Waals surface area contributed by atoms with Crippen LogP contribution < -0.4 is 26.0 Å². The summed E-state index contributed by atoms with van der Waals surface area (Å²) in [6.07, 6.45) is 4.72. The molecule has 3 amide bonds. The van der Waals surface area contributed by atoms with Crippen molar-refractivity contribution in [2.45, 2.75) is 49.5 Å². The summed E-state index contributed by atoms with van der Waals surface area (Å²) in [5.41, 5.74) is 8.12. The molecule has 0 unspecified atom stereocenters. The van der Waals surface area contributed by atoms with Gasteiger partial charge in [0.1, 0.15) is 11.9 Å². The minimum atomic E-state index is -0.489. The summed E-state index contributed by atoms with van der Waals surface area (Å²) in [5, 5.41) is 13.6. The van der Waals surface area contributed by atoms with E-state index in [1.165, 1.54) is 11.9 Å². The van der Waals surface area contributed by atoms with Gasteiger partial charge in [0.15, 0.2) is 0 Å². The molecule has 2 aromatic carbocycles. The van der Waals surface area contributed by atoms with Crippen molar-refractivity contribution < 1.29 is 14.4 Å². The van der Waals surface area contributed by atoms with Crippen LogP contribution in [-0.4, -0.2) is 74.3 Å². The van der Waals surface area contributed by atoms with Crippen LogP contribution in [0.4, 0.5) is 5.69 Å². The zero-order valence-corrected chi connectivity index (χ0v) is 24.5. The molecule has 2 fully saturated rings. The first-order chi connectivity index (χ1) is 19.8. The van der Waals surface area contributed by atoms with Gasteiger partial charge in [0, 0.05) is 55.8 Å². The molecular formula is C30H41N7O3S. The zero-order chi connectivity index (χ0) is 29.2. The van der Waals surface area contributed by atoms with Crippen molar-refractivity contribution in [3.05, 3.63) is 59.7 Å². The van der Waals surface area contributed by atoms with Gasteiger partial charge in [0.25, 0.3) is 0 Å². The molecule has 0 radical (unpaired) electrons. The Bertz CT molecular complexity index is 1230. The lowest BCUT2D eigenvalue weighted by Crippen LogP contribution is -2.48. The molecule has 4 rings (SSSR count). The number of nitrogens with two attached hydrogens (primary N) is 1. The Morgan fingerprint density at radius 3 is 2.66 bits per heavy atom. The number of likely N-dealkylation sites (tertiary alicyclic amines) is 1. The minimum absolute atomic E-state index is 0.00479. The molecule has 2 heterocycles. The van der Waals surface area contributed by atoms with Crippen molar-refractivity contribution in [1.82, 2.24) is 20.3 Å². The molecule has 0 aromatic heterocycles. The van der Waals surface area contributed by atoms with Gasteiger partial charge in [0.05, 0.1) is 6.54 Å². The number of nitrogens with one attached hydrogen (secondary N) is 4. The lowest BCUT2D eigenvalue weighted by atomic mass is 9.91. The number of piperidine rings is 1. The third-order valence-electron chi connectivity index (χ3n) is 7.73. The van der Waals surface area contributed by atoms with Crippen LogP contribution in [0.1, 0.15) is 43.2 Å². The van der Waals surface area contributed by atoms with Crippen molar-refractivity contribution in [3.63, 3.8) is 0 Å². The first kappa shape index (κ1) is 30.5. The molecule has 10 nitrogen and oxygen atoms in total. The van der Waals surface area contributed by atoms with E-state index < -0.39 is 6.04 Å². The minimum Gasteiger partial charge on any atom is -0.384 e. The fourth-order valence-electron chi connectivity index (χ4n) is 5.35. The number of amidine groups is 1. The molecule has 0 aliphatic carbocycles. The maximum absolute atomic E-state index is 13.8. The van der Waals surface area contributed by atoms with Crippen molar-refractivity contribution in [2.75, 3.05) is 44.7 Å². The summed E-state index contributed by atoms with van der Waals surface area (Å²) in [4.78, 5) is 42.4. The van der Waals surface area contributed by atoms with Crippen molar-refractivity contribution in [1.29, 1.82) is 5.41 Å². The van der Waals surface area contributed by atoms with Crippen LogP contribution in [0, 0.1) is 11.3 Å². The second-order valence-corrected chi connectivity index (χ2v) is 11.6. The van der Waals surface area contributed by atoms with Crippen LogP contribution in [0.15, 0.2) is 53.4 Å². The highest BCUT2D eigenvalue weighted by Crippen LogP contribution is 2.26. The van der Waals surface area contributed by atoms with Gasteiger partial charge < -0.3 is 26.2 Å². The predicted octanol–water partition coefficient (Wildman–Crippen LogP) is 2.27. The molecule has 2 aliphatic rings. The number of carbonyl (C=O) groups is 3. The number of nitrogen functional groups attached to an aromatic ring is 1. The van der Waals surface area contributed by atoms with Gasteiger partial charge >= 0.3 is 0 Å². The molecule has 0 spiro atoms. The molecule has 0 bridgehead atoms. The molecule has 0 saturated carbocycles. The Labute approximate surface area is 246 Å². The van der Waals surface area contributed by atoms with Crippen LogP contribution in [0.2, 0.25) is 0 Å². The van der Waals surface area contributed by atoms with E-state index in [-0.39, 0.29) is 23.6 Å². The summed E-state index contributed by atoms with van der Waals surface area (Å²) in [5.74, 6) is 0.676. The number of rotatable bonds is 12. The van der Waals surface area contributed by atoms with Crippen LogP contribution in [0.5, 0.6) is 0 Å². The summed E-state index contributed by atoms with van der Waals surface area (Å²) >= 11 is 1.39. The lowest BCUT2D eigenvalue weighted by molar-refractivity contribution is -0.134. The smallest absolute Gasteiger partial charge is 0.240 e. The average Bonchev–Trinajstić information content (AvgIpc) is 2.99. The van der Waals surface area contributed by atoms with Gasteiger partial charge in [-0.3, -0.25) is 19.8 Å². The Morgan fingerprint density at radius 2 is 1.93 bits per heavy atom. The van der Waals surface area contributed by atoms with Crippen LogP contribution in [0.25, 0.3) is 0 Å². The van der Waals surface area contributed by atoms with Crippen molar-refractivity contribution >= 4 is 41.2 Å². The quantitative estimate of drug-likeness (QED) is 0.147. The first-order valence-corrected chi connectivity index (χ1v) is 15.1. The highest BCUT2D eigenvalue weighted by Gasteiger charge is 2.29. The van der Waals surface area contributed by atoms with Gasteiger partial charge in [-0.05, 0) is 79.8 Å². The maximum atomic E-state index is 13.8. The Morgan fingerprint density at radius 1 is 1.15 bits per heavy atom. The number of hydrogen-bond donors (Lipinski definition) is 5. The lowest BCUT2D eigenvalue weighted by Gasteiger charge is -2.34. The van der Waals surface area contributed by atoms with E-state index in [1.807, 2.05) is 47.4 Å². The highest BCUT2D eigenvalue weighted by atomic mass is 32.2. The first-order valence-electron chi connectivity index (χ1n) is 14.3. The van der Waals surface area contributed by atoms with E-state index in [0.717, 1.165) is 48.4 Å². The fraction of sp³-hybridized carbons (Fsp3) is 0.467. The van der Waals surface area contributed by atoms with Crippen LogP contribution >= 0.6 is 11.9 Å². The van der Waals surface area contributed by atoms with E-state index in [2.05, 4.69) is 15.4 Å². The largest absolute Gasteiger partial charge is 0.384 e. The van der Waals surface area contributed by atoms with E-state index in [1.54, 1.807) is 18.0 Å². The third-order valence-corrected chi connectivity index (χ3v) is 8.63. The SMILES string of the molecule is CNC(=O)CCCC1CCN(C(=O)[C@H](Cc2cccc(C(=N)N)c2)NSc2cccc(N3CCNCC3=O)c2)CC1. The third kappa shape index (κ3) is 8.79. The van der Waals surface area contributed by atoms with Crippen molar-refractivity contribution in [2.24, 2.45) is 11.7 Å². The molecule has 41 heavy (non-hydrogen) atoms. The number of nitrogens with zero attached hydrogens (tertiary/aromatic N) is 2. The van der Waals surface area contributed by atoms with E-state index in [4.69, 9.17) is 11.1 Å². The van der Waals surface area contributed by atoms with Crippen LogP contribution in [0.3, 0.4) is 0 Å². The van der Waals surface area contributed by atoms with Crippen molar-refractivity contribution in [3.8, 4) is 0 Å². The topological polar surface area (TPSA) is 144 Å². The van der Waals surface area contributed by atoms with Gasteiger partial charge in [-0.15, -0.1) is 0 Å². The molecule has 6 N–H and O–H groups in total. The second-order valence-electron chi connectivity index (χ2n) is 10.6. The van der Waals surface area contributed by atoms with E-state index >= 15 is 0 Å². The van der Waals surface area contributed by atoms with Gasteiger partial charge in [-0.25, -0.2) is 4.72 Å². The molecular weight excluding hydrogens is 538 g/mol. The van der Waals surface area contributed by atoms with Gasteiger partial charge in [0.2, 0.25) is 17.7 Å². The zero-order valence-electron chi connectivity index (χ0n) is 23.7. The Balaban J connectivity index is 1.42. The predicted molar refractivity (Wildman–Crippen MR) is 163 cm³/mol. The number of hydrogen-bond acceptors (Lipinski definition) is 7. The molecule has 2 saturated heterocycles. The normalized spacial score (nSPS) is 16.9. The highest BCUT2D eigenvalue weighted by molar-refractivity contribution is 7.97. The van der Waals surface area contributed by atoms with Gasteiger partial charge in [-0.2, -0.15) is 0 Å².